The third kappa shape index (κ3) is 3.19. The van der Waals surface area contributed by atoms with E-state index in [1.54, 1.807) is 18.6 Å². The van der Waals surface area contributed by atoms with Crippen LogP contribution >= 0.6 is 11.6 Å². The Bertz CT molecular complexity index is 903. The van der Waals surface area contributed by atoms with Crippen LogP contribution in [0.1, 0.15) is 11.3 Å². The lowest BCUT2D eigenvalue weighted by atomic mass is 10.1. The third-order valence-corrected chi connectivity index (χ3v) is 4.27. The standard InChI is InChI=1S/C19H17ClN2O2/c1-13-18(20)21-17(15-6-4-3-5-7-15)19(23)22(13)12-14-8-10-16(24-2)11-9-14/h3-11H,12H2,1-2H3. The van der Waals surface area contributed by atoms with Crippen LogP contribution in [0.25, 0.3) is 11.3 Å². The van der Waals surface area contributed by atoms with Crippen LogP contribution in [0.2, 0.25) is 5.15 Å². The quantitative estimate of drug-likeness (QED) is 0.722. The molecule has 3 aromatic rings. The average Bonchev–Trinajstić information content (AvgIpc) is 2.63. The molecule has 0 amide bonds. The Hall–Kier alpha value is -2.59. The van der Waals surface area contributed by atoms with Crippen LogP contribution in [-0.2, 0) is 6.54 Å². The Morgan fingerprint density at radius 2 is 1.75 bits per heavy atom. The highest BCUT2D eigenvalue weighted by Crippen LogP contribution is 2.19. The summed E-state index contributed by atoms with van der Waals surface area (Å²) in [6.07, 6.45) is 0. The fraction of sp³-hybridized carbons (Fsp3) is 0.158. The Labute approximate surface area is 145 Å². The summed E-state index contributed by atoms with van der Waals surface area (Å²) in [4.78, 5) is 17.2. The van der Waals surface area contributed by atoms with E-state index in [1.165, 1.54) is 0 Å². The van der Waals surface area contributed by atoms with Crippen molar-refractivity contribution >= 4 is 11.6 Å². The lowest BCUT2D eigenvalue weighted by molar-refractivity contribution is 0.414. The largest absolute Gasteiger partial charge is 0.497 e. The fourth-order valence-electron chi connectivity index (χ4n) is 2.51. The van der Waals surface area contributed by atoms with Crippen molar-refractivity contribution in [3.8, 4) is 17.0 Å². The molecule has 5 heteroatoms. The maximum Gasteiger partial charge on any atom is 0.277 e. The third-order valence-electron chi connectivity index (χ3n) is 3.91. The maximum atomic E-state index is 12.9. The van der Waals surface area contributed by atoms with Gasteiger partial charge in [0.05, 0.1) is 19.3 Å². The first-order chi connectivity index (χ1) is 11.6. The van der Waals surface area contributed by atoms with Crippen LogP contribution in [0.5, 0.6) is 5.75 Å². The minimum atomic E-state index is -0.154. The molecule has 0 aliphatic heterocycles. The molecule has 0 fully saturated rings. The van der Waals surface area contributed by atoms with Gasteiger partial charge in [0.15, 0.2) is 0 Å². The number of hydrogen-bond donors (Lipinski definition) is 0. The van der Waals surface area contributed by atoms with Gasteiger partial charge in [0, 0.05) is 5.56 Å². The van der Waals surface area contributed by atoms with Crippen LogP contribution in [0.15, 0.2) is 59.4 Å². The van der Waals surface area contributed by atoms with E-state index >= 15 is 0 Å². The van der Waals surface area contributed by atoms with Crippen LogP contribution in [-0.4, -0.2) is 16.7 Å². The zero-order valence-corrected chi connectivity index (χ0v) is 14.2. The van der Waals surface area contributed by atoms with Crippen molar-refractivity contribution in [1.29, 1.82) is 0 Å². The summed E-state index contributed by atoms with van der Waals surface area (Å²) in [5.41, 5.74) is 2.60. The second-order valence-corrected chi connectivity index (χ2v) is 5.80. The maximum absolute atomic E-state index is 12.9. The molecule has 0 aliphatic carbocycles. The molecule has 0 saturated carbocycles. The SMILES string of the molecule is COc1ccc(Cn2c(C)c(Cl)nc(-c3ccccc3)c2=O)cc1. The zero-order valence-electron chi connectivity index (χ0n) is 13.5. The van der Waals surface area contributed by atoms with Gasteiger partial charge in [-0.3, -0.25) is 4.79 Å². The monoisotopic (exact) mass is 340 g/mol. The Morgan fingerprint density at radius 3 is 2.38 bits per heavy atom. The summed E-state index contributed by atoms with van der Waals surface area (Å²) in [6.45, 7) is 2.23. The van der Waals surface area contributed by atoms with Crippen LogP contribution in [0.4, 0.5) is 0 Å². The summed E-state index contributed by atoms with van der Waals surface area (Å²) in [5.74, 6) is 0.778. The molecule has 0 aliphatic rings. The van der Waals surface area contributed by atoms with E-state index < -0.39 is 0 Å². The molecule has 2 aromatic carbocycles. The number of rotatable bonds is 4. The number of halogens is 1. The normalized spacial score (nSPS) is 10.6. The van der Waals surface area contributed by atoms with E-state index in [-0.39, 0.29) is 5.56 Å². The van der Waals surface area contributed by atoms with Gasteiger partial charge in [0.2, 0.25) is 0 Å². The lowest BCUT2D eigenvalue weighted by Crippen LogP contribution is -2.26. The van der Waals surface area contributed by atoms with Crippen molar-refractivity contribution in [3.63, 3.8) is 0 Å². The molecule has 0 saturated heterocycles. The predicted molar refractivity (Wildman–Crippen MR) is 95.8 cm³/mol. The van der Waals surface area contributed by atoms with Gasteiger partial charge < -0.3 is 9.30 Å². The molecule has 0 spiro atoms. The highest BCUT2D eigenvalue weighted by molar-refractivity contribution is 6.30. The van der Waals surface area contributed by atoms with Gasteiger partial charge in [0.1, 0.15) is 16.6 Å². The van der Waals surface area contributed by atoms with Crippen molar-refractivity contribution in [2.24, 2.45) is 0 Å². The lowest BCUT2D eigenvalue weighted by Gasteiger charge is -2.13. The highest BCUT2D eigenvalue weighted by atomic mass is 35.5. The van der Waals surface area contributed by atoms with E-state index in [9.17, 15) is 4.79 Å². The van der Waals surface area contributed by atoms with Gasteiger partial charge >= 0.3 is 0 Å². The van der Waals surface area contributed by atoms with Crippen molar-refractivity contribution < 1.29 is 4.74 Å². The number of nitrogens with zero attached hydrogens (tertiary/aromatic N) is 2. The molecular formula is C19H17ClN2O2. The molecule has 3 rings (SSSR count). The Kier molecular flexibility index (Phi) is 4.67. The summed E-state index contributed by atoms with van der Waals surface area (Å²) in [7, 11) is 1.62. The molecule has 1 aromatic heterocycles. The number of aromatic nitrogens is 2. The van der Waals surface area contributed by atoms with E-state index in [4.69, 9.17) is 16.3 Å². The van der Waals surface area contributed by atoms with Crippen molar-refractivity contribution in [2.75, 3.05) is 7.11 Å². The predicted octanol–water partition coefficient (Wildman–Crippen LogP) is 3.93. The molecule has 0 bridgehead atoms. The topological polar surface area (TPSA) is 44.1 Å². The van der Waals surface area contributed by atoms with Gasteiger partial charge in [0.25, 0.3) is 5.56 Å². The van der Waals surface area contributed by atoms with Crippen molar-refractivity contribution in [1.82, 2.24) is 9.55 Å². The Morgan fingerprint density at radius 1 is 1.08 bits per heavy atom. The molecule has 0 radical (unpaired) electrons. The summed E-state index contributed by atoms with van der Waals surface area (Å²) in [6, 6.07) is 17.0. The first-order valence-corrected chi connectivity index (χ1v) is 7.93. The van der Waals surface area contributed by atoms with Gasteiger partial charge in [-0.2, -0.15) is 0 Å². The molecule has 4 nitrogen and oxygen atoms in total. The minimum Gasteiger partial charge on any atom is -0.497 e. The van der Waals surface area contributed by atoms with Crippen molar-refractivity contribution in [2.45, 2.75) is 13.5 Å². The molecule has 0 N–H and O–H groups in total. The molecule has 0 unspecified atom stereocenters. The first kappa shape index (κ1) is 16.3. The van der Waals surface area contributed by atoms with Gasteiger partial charge in [-0.1, -0.05) is 54.1 Å². The molecule has 24 heavy (non-hydrogen) atoms. The highest BCUT2D eigenvalue weighted by Gasteiger charge is 2.14. The summed E-state index contributed by atoms with van der Waals surface area (Å²) >= 11 is 6.26. The van der Waals surface area contributed by atoms with E-state index in [2.05, 4.69) is 4.98 Å². The summed E-state index contributed by atoms with van der Waals surface area (Å²) in [5, 5.41) is 0.335. The minimum absolute atomic E-state index is 0.154. The number of hydrogen-bond acceptors (Lipinski definition) is 3. The smallest absolute Gasteiger partial charge is 0.277 e. The molecular weight excluding hydrogens is 324 g/mol. The van der Waals surface area contributed by atoms with Crippen molar-refractivity contribution in [3.05, 3.63) is 81.4 Å². The second-order valence-electron chi connectivity index (χ2n) is 5.44. The Balaban J connectivity index is 2.06. The number of methoxy groups -OCH3 is 1. The first-order valence-electron chi connectivity index (χ1n) is 7.55. The number of benzene rings is 2. The van der Waals surface area contributed by atoms with E-state index in [0.717, 1.165) is 16.9 Å². The van der Waals surface area contributed by atoms with Crippen LogP contribution in [0, 0.1) is 6.92 Å². The van der Waals surface area contributed by atoms with Gasteiger partial charge in [-0.05, 0) is 24.6 Å². The number of ether oxygens (including phenoxy) is 1. The molecule has 122 valence electrons. The van der Waals surface area contributed by atoms with E-state index in [1.807, 2.05) is 54.6 Å². The molecule has 1 heterocycles. The van der Waals surface area contributed by atoms with Gasteiger partial charge in [-0.25, -0.2) is 4.98 Å². The summed E-state index contributed by atoms with van der Waals surface area (Å²) < 4.78 is 6.82. The second kappa shape index (κ2) is 6.89. The average molecular weight is 341 g/mol. The van der Waals surface area contributed by atoms with Crippen LogP contribution in [0.3, 0.4) is 0 Å². The zero-order chi connectivity index (χ0) is 17.1. The van der Waals surface area contributed by atoms with E-state index in [0.29, 0.717) is 23.1 Å². The van der Waals surface area contributed by atoms with Gasteiger partial charge in [-0.15, -0.1) is 0 Å². The molecule has 0 atom stereocenters. The fourth-order valence-corrected chi connectivity index (χ4v) is 2.69. The van der Waals surface area contributed by atoms with Crippen LogP contribution < -0.4 is 10.3 Å².